The van der Waals surface area contributed by atoms with Crippen LogP contribution in [-0.4, -0.2) is 32.4 Å². The van der Waals surface area contributed by atoms with E-state index in [4.69, 9.17) is 4.74 Å². The van der Waals surface area contributed by atoms with Gasteiger partial charge in [0, 0.05) is 13.1 Å². The van der Waals surface area contributed by atoms with Gasteiger partial charge in [-0.05, 0) is 24.0 Å². The molecule has 0 amide bonds. The van der Waals surface area contributed by atoms with E-state index < -0.39 is 10.0 Å². The van der Waals surface area contributed by atoms with Crippen LogP contribution >= 0.6 is 0 Å². The number of hydrogen-bond donors (Lipinski definition) is 0. The highest BCUT2D eigenvalue weighted by atomic mass is 32.2. The number of hydrogen-bond acceptors (Lipinski definition) is 3. The summed E-state index contributed by atoms with van der Waals surface area (Å²) in [6.07, 6.45) is 0.932. The van der Waals surface area contributed by atoms with Crippen molar-refractivity contribution in [3.05, 3.63) is 24.3 Å². The molecule has 0 fully saturated rings. The maximum atomic E-state index is 12.7. The third kappa shape index (κ3) is 2.92. The molecule has 0 unspecified atom stereocenters. The molecular weight excluding hydrogens is 262 g/mol. The molecule has 0 saturated heterocycles. The second-order valence-electron chi connectivity index (χ2n) is 5.65. The topological polar surface area (TPSA) is 46.6 Å². The van der Waals surface area contributed by atoms with Crippen molar-refractivity contribution in [3.8, 4) is 5.75 Å². The van der Waals surface area contributed by atoms with Crippen LogP contribution in [0.3, 0.4) is 0 Å². The standard InChI is InChI=1S/C14H21NO3S/c1-4-14(2,3)11-15-9-10-18-12-7-5-6-8-13(12)19(15,16)17/h5-8H,4,9-11H2,1-3H3. The molecule has 19 heavy (non-hydrogen) atoms. The maximum absolute atomic E-state index is 12.7. The molecule has 4 nitrogen and oxygen atoms in total. The first-order valence-electron chi connectivity index (χ1n) is 6.59. The van der Waals surface area contributed by atoms with Crippen molar-refractivity contribution in [3.63, 3.8) is 0 Å². The summed E-state index contributed by atoms with van der Waals surface area (Å²) in [7, 11) is -3.45. The molecule has 1 aliphatic rings. The Morgan fingerprint density at radius 1 is 1.32 bits per heavy atom. The van der Waals surface area contributed by atoms with Crippen LogP contribution in [0.1, 0.15) is 27.2 Å². The molecule has 0 atom stereocenters. The van der Waals surface area contributed by atoms with E-state index in [1.807, 2.05) is 0 Å². The van der Waals surface area contributed by atoms with Crippen LogP contribution in [-0.2, 0) is 10.0 Å². The van der Waals surface area contributed by atoms with E-state index in [0.29, 0.717) is 25.4 Å². The van der Waals surface area contributed by atoms with Crippen LogP contribution in [0.25, 0.3) is 0 Å². The number of fused-ring (bicyclic) bond motifs is 1. The Balaban J connectivity index is 2.39. The summed E-state index contributed by atoms with van der Waals surface area (Å²) in [6.45, 7) is 7.56. The average Bonchev–Trinajstić information content (AvgIpc) is 2.48. The van der Waals surface area contributed by atoms with Gasteiger partial charge in [-0.15, -0.1) is 0 Å². The second kappa shape index (κ2) is 5.13. The van der Waals surface area contributed by atoms with Gasteiger partial charge in [0.15, 0.2) is 0 Å². The van der Waals surface area contributed by atoms with Gasteiger partial charge < -0.3 is 4.74 Å². The van der Waals surface area contributed by atoms with E-state index in [9.17, 15) is 8.42 Å². The summed E-state index contributed by atoms with van der Waals surface area (Å²) in [4.78, 5) is 0.277. The summed E-state index contributed by atoms with van der Waals surface area (Å²) >= 11 is 0. The first-order chi connectivity index (χ1) is 8.87. The average molecular weight is 283 g/mol. The Morgan fingerprint density at radius 2 is 2.00 bits per heavy atom. The molecule has 1 aliphatic heterocycles. The first kappa shape index (κ1) is 14.3. The number of nitrogens with zero attached hydrogens (tertiary/aromatic N) is 1. The van der Waals surface area contributed by atoms with Gasteiger partial charge in [0.1, 0.15) is 17.3 Å². The van der Waals surface area contributed by atoms with Gasteiger partial charge in [-0.1, -0.05) is 32.9 Å². The minimum Gasteiger partial charge on any atom is -0.491 e. The van der Waals surface area contributed by atoms with Gasteiger partial charge in [0.05, 0.1) is 0 Å². The van der Waals surface area contributed by atoms with Crippen molar-refractivity contribution in [1.29, 1.82) is 0 Å². The van der Waals surface area contributed by atoms with Gasteiger partial charge in [-0.25, -0.2) is 8.42 Å². The van der Waals surface area contributed by atoms with Gasteiger partial charge in [0.25, 0.3) is 0 Å². The highest BCUT2D eigenvalue weighted by molar-refractivity contribution is 7.89. The molecular formula is C14H21NO3S. The summed E-state index contributed by atoms with van der Waals surface area (Å²) in [5, 5.41) is 0. The smallest absolute Gasteiger partial charge is 0.246 e. The van der Waals surface area contributed by atoms with Gasteiger partial charge in [-0.3, -0.25) is 0 Å². The van der Waals surface area contributed by atoms with Crippen molar-refractivity contribution in [2.45, 2.75) is 32.1 Å². The zero-order valence-electron chi connectivity index (χ0n) is 11.7. The Labute approximate surface area is 115 Å². The number of ether oxygens (including phenoxy) is 1. The van der Waals surface area contributed by atoms with Gasteiger partial charge >= 0.3 is 0 Å². The lowest BCUT2D eigenvalue weighted by atomic mass is 9.90. The monoisotopic (exact) mass is 283 g/mol. The van der Waals surface area contributed by atoms with Crippen LogP contribution in [0.4, 0.5) is 0 Å². The van der Waals surface area contributed by atoms with Crippen molar-refractivity contribution in [2.24, 2.45) is 5.41 Å². The van der Waals surface area contributed by atoms with Crippen LogP contribution in [0.2, 0.25) is 0 Å². The Bertz CT molecular complexity index is 552. The molecule has 1 heterocycles. The van der Waals surface area contributed by atoms with Crippen LogP contribution in [0, 0.1) is 5.41 Å². The van der Waals surface area contributed by atoms with Crippen molar-refractivity contribution < 1.29 is 13.2 Å². The van der Waals surface area contributed by atoms with E-state index in [1.165, 1.54) is 0 Å². The predicted molar refractivity (Wildman–Crippen MR) is 74.8 cm³/mol. The Hall–Kier alpha value is -1.07. The second-order valence-corrected chi connectivity index (χ2v) is 7.56. The Morgan fingerprint density at radius 3 is 2.68 bits per heavy atom. The fourth-order valence-electron chi connectivity index (χ4n) is 2.05. The molecule has 0 aliphatic carbocycles. The lowest BCUT2D eigenvalue weighted by molar-refractivity contribution is 0.223. The SMILES string of the molecule is CCC(C)(C)CN1CCOc2ccccc2S1(=O)=O. The largest absolute Gasteiger partial charge is 0.491 e. The highest BCUT2D eigenvalue weighted by Gasteiger charge is 2.33. The summed E-state index contributed by atoms with van der Waals surface area (Å²) in [5.41, 5.74) is -0.0354. The minimum atomic E-state index is -3.45. The zero-order valence-corrected chi connectivity index (χ0v) is 12.5. The van der Waals surface area contributed by atoms with E-state index in [0.717, 1.165) is 6.42 Å². The van der Waals surface area contributed by atoms with Crippen molar-refractivity contribution >= 4 is 10.0 Å². The van der Waals surface area contributed by atoms with E-state index in [-0.39, 0.29) is 10.3 Å². The zero-order chi connectivity index (χ0) is 14.1. The maximum Gasteiger partial charge on any atom is 0.246 e. The highest BCUT2D eigenvalue weighted by Crippen LogP contribution is 2.31. The fourth-order valence-corrected chi connectivity index (χ4v) is 3.80. The summed E-state index contributed by atoms with van der Waals surface area (Å²) in [5.74, 6) is 0.458. The predicted octanol–water partition coefficient (Wildman–Crippen LogP) is 2.51. The third-order valence-corrected chi connectivity index (χ3v) is 5.51. The third-order valence-electron chi connectivity index (χ3n) is 3.63. The molecule has 0 N–H and O–H groups in total. The molecule has 0 radical (unpaired) electrons. The number of sulfonamides is 1. The molecule has 2 rings (SSSR count). The molecule has 1 aromatic carbocycles. The fraction of sp³-hybridized carbons (Fsp3) is 0.571. The lowest BCUT2D eigenvalue weighted by Gasteiger charge is -2.30. The molecule has 0 spiro atoms. The van der Waals surface area contributed by atoms with E-state index in [1.54, 1.807) is 28.6 Å². The van der Waals surface area contributed by atoms with E-state index >= 15 is 0 Å². The molecule has 0 aromatic heterocycles. The Kier molecular flexibility index (Phi) is 3.87. The molecule has 106 valence electrons. The van der Waals surface area contributed by atoms with Crippen LogP contribution in [0.15, 0.2) is 29.2 Å². The normalized spacial score (nSPS) is 19.3. The molecule has 0 bridgehead atoms. The first-order valence-corrected chi connectivity index (χ1v) is 8.03. The minimum absolute atomic E-state index is 0.0354. The van der Waals surface area contributed by atoms with Crippen LogP contribution < -0.4 is 4.74 Å². The summed E-state index contributed by atoms with van der Waals surface area (Å²) in [6, 6.07) is 6.84. The number of rotatable bonds is 3. The van der Waals surface area contributed by atoms with Gasteiger partial charge in [0.2, 0.25) is 10.0 Å². The van der Waals surface area contributed by atoms with Crippen molar-refractivity contribution in [2.75, 3.05) is 19.7 Å². The van der Waals surface area contributed by atoms with Crippen molar-refractivity contribution in [1.82, 2.24) is 4.31 Å². The van der Waals surface area contributed by atoms with Crippen LogP contribution in [0.5, 0.6) is 5.75 Å². The summed E-state index contributed by atoms with van der Waals surface area (Å²) < 4.78 is 32.4. The van der Waals surface area contributed by atoms with E-state index in [2.05, 4.69) is 20.8 Å². The number of para-hydroxylation sites is 1. The lowest BCUT2D eigenvalue weighted by Crippen LogP contribution is -2.39. The quantitative estimate of drug-likeness (QED) is 0.856. The number of benzene rings is 1. The molecule has 5 heteroatoms. The molecule has 1 aromatic rings. The van der Waals surface area contributed by atoms with Gasteiger partial charge in [-0.2, -0.15) is 4.31 Å². The molecule has 0 saturated carbocycles.